The number of carbonyl (C=O) groups excluding carboxylic acids is 1. The summed E-state index contributed by atoms with van der Waals surface area (Å²) in [5.41, 5.74) is 6.99. The molecule has 4 heterocycles. The number of amides is 1. The van der Waals surface area contributed by atoms with Crippen LogP contribution in [0.15, 0.2) is 72.3 Å². The summed E-state index contributed by atoms with van der Waals surface area (Å²) in [6.45, 7) is 9.32. The van der Waals surface area contributed by atoms with Gasteiger partial charge in [-0.25, -0.2) is 19.6 Å². The van der Waals surface area contributed by atoms with Gasteiger partial charge in [0.2, 0.25) is 11.8 Å². The van der Waals surface area contributed by atoms with Crippen LogP contribution in [0, 0.1) is 13.8 Å². The van der Waals surface area contributed by atoms with E-state index in [1.807, 2.05) is 50.6 Å². The van der Waals surface area contributed by atoms with Gasteiger partial charge in [-0.05, 0) is 73.2 Å². The first-order valence-electron chi connectivity index (χ1n) is 15.3. The van der Waals surface area contributed by atoms with E-state index in [1.54, 1.807) is 35.0 Å². The predicted octanol–water partition coefficient (Wildman–Crippen LogP) is 6.11. The van der Waals surface area contributed by atoms with E-state index >= 15 is 0 Å². The second kappa shape index (κ2) is 13.1. The Kier molecular flexibility index (Phi) is 9.00. The fourth-order valence-corrected chi connectivity index (χ4v) is 7.50. The van der Waals surface area contributed by atoms with Crippen molar-refractivity contribution >= 4 is 33.4 Å². The van der Waals surface area contributed by atoms with Crippen LogP contribution in [0.5, 0.6) is 5.88 Å². The maximum Gasteiger partial charge on any atom is 0.239 e. The van der Waals surface area contributed by atoms with Crippen molar-refractivity contribution in [3.63, 3.8) is 0 Å². The molecule has 0 saturated carbocycles. The molecule has 240 valence electrons. The van der Waals surface area contributed by atoms with E-state index in [9.17, 15) is 13.9 Å². The van der Waals surface area contributed by atoms with Crippen LogP contribution in [0.4, 0.5) is 5.69 Å². The first-order valence-corrected chi connectivity index (χ1v) is 16.8. The topological polar surface area (TPSA) is 151 Å². The zero-order chi connectivity index (χ0) is 32.4. The minimum atomic E-state index is -3.40. The van der Waals surface area contributed by atoms with Crippen LogP contribution in [-0.4, -0.2) is 61.9 Å². The Balaban J connectivity index is 1.39. The molecular formula is C33H38N8O4S. The number of hydrogen-bond donors (Lipinski definition) is 3. The number of fused-ring (bicyclic) bond motifs is 2. The van der Waals surface area contributed by atoms with E-state index < -0.39 is 10.8 Å². The largest absolute Gasteiger partial charge is 0.472 e. The van der Waals surface area contributed by atoms with Crippen molar-refractivity contribution in [2.75, 3.05) is 11.9 Å². The highest BCUT2D eigenvalue weighted by Gasteiger charge is 2.36. The monoisotopic (exact) mass is 642 g/mol. The first-order chi connectivity index (χ1) is 22.2. The molecule has 2 atom stereocenters. The molecule has 0 fully saturated rings. The minimum absolute atomic E-state index is 0.148. The van der Waals surface area contributed by atoms with E-state index in [0.717, 1.165) is 38.9 Å². The fraction of sp³-hybridized carbons (Fsp3) is 0.333. The Morgan fingerprint density at radius 1 is 1.13 bits per heavy atom. The van der Waals surface area contributed by atoms with Crippen LogP contribution in [0.1, 0.15) is 60.4 Å². The van der Waals surface area contributed by atoms with Crippen molar-refractivity contribution in [3.8, 4) is 5.88 Å². The molecule has 5 aromatic rings. The van der Waals surface area contributed by atoms with Gasteiger partial charge in [0, 0.05) is 31.6 Å². The summed E-state index contributed by atoms with van der Waals surface area (Å²) in [5.74, 6) is -0.267. The van der Waals surface area contributed by atoms with Crippen molar-refractivity contribution in [2.45, 2.75) is 70.5 Å². The summed E-state index contributed by atoms with van der Waals surface area (Å²) in [7, 11) is -3.40. The van der Waals surface area contributed by atoms with Gasteiger partial charge >= 0.3 is 0 Å². The molecule has 3 N–H and O–H groups in total. The highest BCUT2D eigenvalue weighted by molar-refractivity contribution is 8.22. The maximum absolute atomic E-state index is 13.5. The summed E-state index contributed by atoms with van der Waals surface area (Å²) in [6, 6.07) is 13.5. The number of rotatable bonds is 9. The lowest BCUT2D eigenvalue weighted by atomic mass is 9.84. The van der Waals surface area contributed by atoms with Crippen molar-refractivity contribution in [1.29, 1.82) is 0 Å². The lowest BCUT2D eigenvalue weighted by Crippen LogP contribution is -2.34. The molecule has 13 heteroatoms. The zero-order valence-corrected chi connectivity index (χ0v) is 27.1. The zero-order valence-electron chi connectivity index (χ0n) is 26.3. The van der Waals surface area contributed by atoms with Gasteiger partial charge in [0.1, 0.15) is 22.8 Å². The molecule has 0 aliphatic carbocycles. The quantitative estimate of drug-likeness (QED) is 0.172. The number of aryl methyl sites for hydroxylation is 3. The lowest BCUT2D eigenvalue weighted by molar-refractivity contribution is -0.116. The Morgan fingerprint density at radius 2 is 1.93 bits per heavy atom. The molecule has 6 rings (SSSR count). The van der Waals surface area contributed by atoms with Gasteiger partial charge in [-0.15, -0.1) is 15.9 Å². The van der Waals surface area contributed by atoms with E-state index in [1.165, 1.54) is 6.33 Å². The van der Waals surface area contributed by atoms with Gasteiger partial charge in [0.25, 0.3) is 0 Å². The van der Waals surface area contributed by atoms with Crippen LogP contribution in [-0.2, 0) is 17.9 Å². The Hall–Kier alpha value is -4.43. The van der Waals surface area contributed by atoms with Gasteiger partial charge in [-0.3, -0.25) is 13.9 Å². The number of ether oxygens (including phenoxy) is 1. The smallest absolute Gasteiger partial charge is 0.239 e. The van der Waals surface area contributed by atoms with Gasteiger partial charge in [0.05, 0.1) is 30.1 Å². The molecule has 0 spiro atoms. The predicted molar refractivity (Wildman–Crippen MR) is 177 cm³/mol. The van der Waals surface area contributed by atoms with Gasteiger partial charge in [0.15, 0.2) is 0 Å². The number of aromatic nitrogens is 6. The molecular weight excluding hydrogens is 604 g/mol. The van der Waals surface area contributed by atoms with Crippen molar-refractivity contribution in [3.05, 3.63) is 95.2 Å². The van der Waals surface area contributed by atoms with Crippen LogP contribution in [0.2, 0.25) is 0 Å². The Morgan fingerprint density at radius 3 is 2.70 bits per heavy atom. The molecule has 1 aliphatic heterocycles. The molecule has 1 aliphatic rings. The Bertz CT molecular complexity index is 1870. The number of anilines is 1. The molecule has 2 aromatic carbocycles. The third kappa shape index (κ3) is 6.18. The SMILES string of the molecule is CC[C@@H]1CN(Cc2cc([C@H](CC(=O)Nc3cncnc3)c3ccc4c(nnn4CC)c3C)ccc2C)S(O)(O)c2cccnc2O1. The second-order valence-electron chi connectivity index (χ2n) is 11.5. The highest BCUT2D eigenvalue weighted by Crippen LogP contribution is 2.57. The minimum Gasteiger partial charge on any atom is -0.472 e. The van der Waals surface area contributed by atoms with Gasteiger partial charge in [-0.1, -0.05) is 36.4 Å². The number of nitrogens with one attached hydrogen (secondary N) is 1. The number of pyridine rings is 1. The molecule has 0 unspecified atom stereocenters. The molecule has 1 amide bonds. The summed E-state index contributed by atoms with van der Waals surface area (Å²) in [6.07, 6.45) is 6.68. The average molecular weight is 643 g/mol. The fourth-order valence-electron chi connectivity index (χ4n) is 5.94. The van der Waals surface area contributed by atoms with Gasteiger partial charge in [-0.2, -0.15) is 4.31 Å². The van der Waals surface area contributed by atoms with E-state index in [-0.39, 0.29) is 41.7 Å². The van der Waals surface area contributed by atoms with Crippen LogP contribution in [0.25, 0.3) is 11.0 Å². The molecule has 0 saturated heterocycles. The van der Waals surface area contributed by atoms with Crippen LogP contribution < -0.4 is 10.1 Å². The van der Waals surface area contributed by atoms with Crippen molar-refractivity contribution < 1.29 is 18.6 Å². The van der Waals surface area contributed by atoms with E-state index in [2.05, 4.69) is 42.7 Å². The number of nitrogens with zero attached hydrogens (tertiary/aromatic N) is 7. The van der Waals surface area contributed by atoms with Crippen LogP contribution >= 0.6 is 10.8 Å². The molecule has 0 radical (unpaired) electrons. The molecule has 3 aromatic heterocycles. The van der Waals surface area contributed by atoms with Gasteiger partial charge < -0.3 is 10.1 Å². The maximum atomic E-state index is 13.5. The summed E-state index contributed by atoms with van der Waals surface area (Å²) in [5, 5.41) is 11.7. The van der Waals surface area contributed by atoms with Crippen molar-refractivity contribution in [2.24, 2.45) is 0 Å². The lowest BCUT2D eigenvalue weighted by Gasteiger charge is -2.41. The average Bonchev–Trinajstić information content (AvgIpc) is 3.45. The van der Waals surface area contributed by atoms with Crippen LogP contribution in [0.3, 0.4) is 0 Å². The summed E-state index contributed by atoms with van der Waals surface area (Å²) >= 11 is 0. The standard InChI is InChI=1S/C33H38N8O4S/c1-5-26-19-40(46(43,44)30-8-7-13-36-33(30)45-26)18-24-14-23(10-9-21(24)3)28(15-31(42)37-25-16-34-20-35-17-25)27-11-12-29-32(22(27)4)38-39-41(29)6-2/h7-14,16-17,20,26,28,43-44H,5-6,15,18-19H2,1-4H3,(H,37,42)/t26-,28+/m1/s1. The second-order valence-corrected chi connectivity index (χ2v) is 13.5. The van der Waals surface area contributed by atoms with E-state index in [0.29, 0.717) is 25.2 Å². The third-order valence-electron chi connectivity index (χ3n) is 8.55. The number of benzene rings is 2. The van der Waals surface area contributed by atoms with Crippen molar-refractivity contribution in [1.82, 2.24) is 34.3 Å². The third-order valence-corrected chi connectivity index (χ3v) is 10.4. The highest BCUT2D eigenvalue weighted by atomic mass is 32.3. The summed E-state index contributed by atoms with van der Waals surface area (Å²) in [4.78, 5) is 26.1. The summed E-state index contributed by atoms with van der Waals surface area (Å²) < 4.78 is 32.8. The van der Waals surface area contributed by atoms with E-state index in [4.69, 9.17) is 4.74 Å². The molecule has 0 bridgehead atoms. The first kappa shape index (κ1) is 31.5. The Labute approximate surface area is 269 Å². The normalized spacial score (nSPS) is 17.5. The number of carbonyl (C=O) groups is 1. The number of hydrogen-bond acceptors (Lipinski definition) is 10. The molecule has 46 heavy (non-hydrogen) atoms. The molecule has 12 nitrogen and oxygen atoms in total.